The van der Waals surface area contributed by atoms with Gasteiger partial charge in [0.1, 0.15) is 0 Å². The monoisotopic (exact) mass is 345 g/mol. The number of likely N-dealkylation sites (tertiary alicyclic amines) is 1. The molecule has 1 aromatic rings. The maximum Gasteiger partial charge on any atom is 0.174 e. The van der Waals surface area contributed by atoms with E-state index in [2.05, 4.69) is 11.5 Å². The van der Waals surface area contributed by atoms with Crippen LogP contribution in [0.5, 0.6) is 11.5 Å². The summed E-state index contributed by atoms with van der Waals surface area (Å²) in [5, 5.41) is 10.3. The number of carbonyl (C=O) groups excluding carboxylic acids is 1. The fourth-order valence-corrected chi connectivity index (χ4v) is 6.34. The average Bonchev–Trinajstić information content (AvgIpc) is 2.91. The third-order valence-electron chi connectivity index (χ3n) is 6.66. The van der Waals surface area contributed by atoms with E-state index in [1.165, 1.54) is 0 Å². The van der Waals surface area contributed by atoms with E-state index in [4.69, 9.17) is 16.3 Å². The average molecular weight is 346 g/mol. The largest absolute Gasteiger partial charge is 0.504 e. The van der Waals surface area contributed by atoms with Gasteiger partial charge in [0.2, 0.25) is 0 Å². The van der Waals surface area contributed by atoms with Crippen LogP contribution in [0.4, 0.5) is 0 Å². The van der Waals surface area contributed by atoms with Gasteiger partial charge in [0.15, 0.2) is 23.4 Å². The summed E-state index contributed by atoms with van der Waals surface area (Å²) < 4.78 is 6.06. The Kier molecular flexibility index (Phi) is 2.81. The highest BCUT2D eigenvalue weighted by molar-refractivity contribution is 6.27. The number of hydrogen-bond donors (Lipinski definition) is 1. The first-order valence-corrected chi connectivity index (χ1v) is 8.99. The zero-order valence-corrected chi connectivity index (χ0v) is 14.2. The summed E-state index contributed by atoms with van der Waals surface area (Å²) in [7, 11) is 0. The SMILES string of the molecule is C=CCN1CC[C@]23c4c5ccc(O)c4O[C@H]2C(=O)CC[C@@]3(Cl)[C@H]1C5. The molecule has 0 amide bonds. The summed E-state index contributed by atoms with van der Waals surface area (Å²) in [6.07, 6.45) is 4.08. The van der Waals surface area contributed by atoms with Gasteiger partial charge in [-0.25, -0.2) is 0 Å². The van der Waals surface area contributed by atoms with Gasteiger partial charge in [-0.3, -0.25) is 9.69 Å². The van der Waals surface area contributed by atoms with Crippen LogP contribution in [0.25, 0.3) is 0 Å². The van der Waals surface area contributed by atoms with E-state index in [1.54, 1.807) is 6.07 Å². The van der Waals surface area contributed by atoms with Crippen LogP contribution in [-0.4, -0.2) is 45.9 Å². The maximum absolute atomic E-state index is 12.7. The molecule has 5 heteroatoms. The van der Waals surface area contributed by atoms with Gasteiger partial charge < -0.3 is 9.84 Å². The number of ether oxygens (including phenoxy) is 1. The number of phenols is 1. The molecule has 2 heterocycles. The predicted molar refractivity (Wildman–Crippen MR) is 90.9 cm³/mol. The van der Waals surface area contributed by atoms with Gasteiger partial charge in [0.05, 0.1) is 10.3 Å². The molecule has 4 atom stereocenters. The Hall–Kier alpha value is -1.52. The number of carbonyl (C=O) groups is 1. The van der Waals surface area contributed by atoms with Crippen molar-refractivity contribution in [3.05, 3.63) is 35.9 Å². The summed E-state index contributed by atoms with van der Waals surface area (Å²) >= 11 is 7.35. The number of benzene rings is 1. The summed E-state index contributed by atoms with van der Waals surface area (Å²) in [4.78, 5) is 14.6. The second kappa shape index (κ2) is 4.55. The second-order valence-electron chi connectivity index (χ2n) is 7.50. The lowest BCUT2D eigenvalue weighted by Crippen LogP contribution is -2.74. The van der Waals surface area contributed by atoms with Crippen molar-refractivity contribution < 1.29 is 14.6 Å². The smallest absolute Gasteiger partial charge is 0.174 e. The number of piperidine rings is 1. The quantitative estimate of drug-likeness (QED) is 0.661. The molecule has 1 N–H and O–H groups in total. The molecule has 2 fully saturated rings. The Morgan fingerprint density at radius 1 is 1.46 bits per heavy atom. The number of hydrogen-bond acceptors (Lipinski definition) is 4. The van der Waals surface area contributed by atoms with Crippen LogP contribution >= 0.6 is 11.6 Å². The predicted octanol–water partition coefficient (Wildman–Crippen LogP) is 2.55. The lowest BCUT2D eigenvalue weighted by molar-refractivity contribution is -0.136. The highest BCUT2D eigenvalue weighted by Crippen LogP contribution is 2.66. The topological polar surface area (TPSA) is 49.8 Å². The van der Waals surface area contributed by atoms with Crippen molar-refractivity contribution in [3.8, 4) is 11.5 Å². The summed E-state index contributed by atoms with van der Waals surface area (Å²) in [6.45, 7) is 5.55. The maximum atomic E-state index is 12.7. The third-order valence-corrected chi connectivity index (χ3v) is 7.44. The Morgan fingerprint density at radius 3 is 3.08 bits per heavy atom. The van der Waals surface area contributed by atoms with Gasteiger partial charge >= 0.3 is 0 Å². The molecule has 1 saturated heterocycles. The number of nitrogens with zero attached hydrogens (tertiary/aromatic N) is 1. The second-order valence-corrected chi connectivity index (χ2v) is 8.17. The number of Topliss-reactive ketones (excluding diaryl/α,β-unsaturated/α-hetero) is 1. The minimum Gasteiger partial charge on any atom is -0.504 e. The minimum absolute atomic E-state index is 0.116. The number of alkyl halides is 1. The fourth-order valence-electron chi connectivity index (χ4n) is 5.74. The highest BCUT2D eigenvalue weighted by atomic mass is 35.5. The molecule has 4 nitrogen and oxygen atoms in total. The molecule has 2 aliphatic heterocycles. The number of phenolic OH excluding ortho intramolecular Hbond substituents is 1. The van der Waals surface area contributed by atoms with Crippen molar-refractivity contribution in [3.63, 3.8) is 0 Å². The molecule has 2 bridgehead atoms. The normalized spacial score (nSPS) is 39.3. The van der Waals surface area contributed by atoms with Crippen molar-refractivity contribution in [2.24, 2.45) is 0 Å². The van der Waals surface area contributed by atoms with E-state index in [9.17, 15) is 9.90 Å². The Balaban J connectivity index is 1.80. The lowest BCUT2D eigenvalue weighted by atomic mass is 9.51. The molecule has 0 aromatic heterocycles. The lowest BCUT2D eigenvalue weighted by Gasteiger charge is -2.62. The van der Waals surface area contributed by atoms with Crippen LogP contribution in [0.3, 0.4) is 0 Å². The van der Waals surface area contributed by atoms with Crippen LogP contribution in [-0.2, 0) is 16.6 Å². The summed E-state index contributed by atoms with van der Waals surface area (Å²) in [5.41, 5.74) is 1.66. The van der Waals surface area contributed by atoms with Crippen LogP contribution < -0.4 is 4.74 Å². The first-order chi connectivity index (χ1) is 11.5. The molecule has 0 radical (unpaired) electrons. The van der Waals surface area contributed by atoms with Crippen LogP contribution in [0.2, 0.25) is 0 Å². The molecule has 1 saturated carbocycles. The van der Waals surface area contributed by atoms with Gasteiger partial charge in [-0.05, 0) is 37.4 Å². The molecular weight excluding hydrogens is 326 g/mol. The molecule has 1 spiro atoms. The van der Waals surface area contributed by atoms with Crippen LogP contribution in [0.15, 0.2) is 24.8 Å². The highest BCUT2D eigenvalue weighted by Gasteiger charge is 2.72. The molecule has 24 heavy (non-hydrogen) atoms. The molecule has 2 aliphatic carbocycles. The Labute approximate surface area is 146 Å². The summed E-state index contributed by atoms with van der Waals surface area (Å²) in [6, 6.07) is 3.82. The van der Waals surface area contributed by atoms with Crippen molar-refractivity contribution in [2.45, 2.75) is 48.1 Å². The van der Waals surface area contributed by atoms with Gasteiger partial charge in [0, 0.05) is 24.6 Å². The molecular formula is C19H20ClNO3. The van der Waals surface area contributed by atoms with Crippen molar-refractivity contribution in [1.29, 1.82) is 0 Å². The van der Waals surface area contributed by atoms with E-state index in [1.807, 2.05) is 12.1 Å². The first-order valence-electron chi connectivity index (χ1n) is 8.61. The van der Waals surface area contributed by atoms with Gasteiger partial charge in [-0.15, -0.1) is 18.2 Å². The van der Waals surface area contributed by atoms with E-state index in [-0.39, 0.29) is 17.6 Å². The zero-order valence-electron chi connectivity index (χ0n) is 13.4. The van der Waals surface area contributed by atoms with Gasteiger partial charge in [-0.2, -0.15) is 0 Å². The minimum atomic E-state index is -0.556. The van der Waals surface area contributed by atoms with E-state index in [0.29, 0.717) is 18.6 Å². The zero-order chi connectivity index (χ0) is 16.7. The van der Waals surface area contributed by atoms with Crippen molar-refractivity contribution >= 4 is 17.4 Å². The number of aromatic hydroxyl groups is 1. The third kappa shape index (κ3) is 1.44. The molecule has 4 aliphatic rings. The van der Waals surface area contributed by atoms with Crippen LogP contribution in [0, 0.1) is 0 Å². The standard InChI is InChI=1S/C19H20ClNO3/c1-2-8-21-9-7-18-15-11-3-4-12(22)16(15)24-17(18)13(23)5-6-19(18,20)14(21)10-11/h2-4,14,17,22H,1,5-10H2/t14-,17+,18+,19-/m1/s1. The van der Waals surface area contributed by atoms with Crippen LogP contribution in [0.1, 0.15) is 30.4 Å². The van der Waals surface area contributed by atoms with Gasteiger partial charge in [0.25, 0.3) is 0 Å². The Morgan fingerprint density at radius 2 is 2.29 bits per heavy atom. The van der Waals surface area contributed by atoms with Crippen molar-refractivity contribution in [1.82, 2.24) is 4.90 Å². The fraction of sp³-hybridized carbons (Fsp3) is 0.526. The molecule has 0 unspecified atom stereocenters. The molecule has 1 aromatic carbocycles. The summed E-state index contributed by atoms with van der Waals surface area (Å²) in [5.74, 6) is 0.732. The van der Waals surface area contributed by atoms with E-state index >= 15 is 0 Å². The Bertz CT molecular complexity index is 778. The first kappa shape index (κ1) is 14.8. The number of ketones is 1. The van der Waals surface area contributed by atoms with Gasteiger partial charge in [-0.1, -0.05) is 12.1 Å². The van der Waals surface area contributed by atoms with E-state index < -0.39 is 16.4 Å². The van der Waals surface area contributed by atoms with Crippen molar-refractivity contribution in [2.75, 3.05) is 13.1 Å². The number of halogens is 1. The molecule has 126 valence electrons. The van der Waals surface area contributed by atoms with E-state index in [0.717, 1.165) is 37.1 Å². The number of rotatable bonds is 2. The molecule has 5 rings (SSSR count).